The number of aromatic amines is 1. The van der Waals surface area contributed by atoms with E-state index in [0.717, 1.165) is 72.3 Å². The van der Waals surface area contributed by atoms with E-state index in [2.05, 4.69) is 14.9 Å². The zero-order chi connectivity index (χ0) is 27.1. The molecule has 0 atom stereocenters. The topological polar surface area (TPSA) is 106 Å². The Kier molecular flexibility index (Phi) is 9.16. The minimum Gasteiger partial charge on any atom is -0.493 e. The normalized spacial score (nSPS) is 16.8. The number of hydrogen-bond acceptors (Lipinski definition) is 7. The number of fused-ring (bicyclic) bond motifs is 3. The van der Waals surface area contributed by atoms with Crippen molar-refractivity contribution in [2.75, 3.05) is 46.6 Å². The number of pyridine rings is 1. The second-order valence-electron chi connectivity index (χ2n) is 9.20. The largest absolute Gasteiger partial charge is 0.493 e. The van der Waals surface area contributed by atoms with Gasteiger partial charge in [-0.2, -0.15) is 13.2 Å². The van der Waals surface area contributed by atoms with Crippen LogP contribution < -0.4 is 14.2 Å². The fourth-order valence-electron chi connectivity index (χ4n) is 4.61. The predicted octanol–water partition coefficient (Wildman–Crippen LogP) is 4.78. The van der Waals surface area contributed by atoms with Gasteiger partial charge in [-0.05, 0) is 44.5 Å². The molecule has 2 saturated heterocycles. The maximum absolute atomic E-state index is 10.6. The number of carbonyl (C=O) groups is 1. The summed E-state index contributed by atoms with van der Waals surface area (Å²) in [5, 5.41) is 9.15. The number of hydrogen-bond donors (Lipinski definition) is 2. The van der Waals surface area contributed by atoms with Crippen LogP contribution in [0, 0.1) is 0 Å². The van der Waals surface area contributed by atoms with Crippen LogP contribution in [0.5, 0.6) is 17.4 Å². The molecule has 2 aliphatic heterocycles. The number of ether oxygens (including phenoxy) is 4. The molecule has 0 radical (unpaired) electrons. The molecule has 5 rings (SSSR count). The van der Waals surface area contributed by atoms with Crippen LogP contribution in [0.3, 0.4) is 0 Å². The number of alkyl halides is 3. The number of H-pyrrole nitrogens is 1. The Bertz CT molecular complexity index is 1220. The molecule has 208 valence electrons. The molecule has 0 saturated carbocycles. The number of methoxy groups -OCH3 is 1. The third kappa shape index (κ3) is 6.98. The Morgan fingerprint density at radius 2 is 1.89 bits per heavy atom. The first-order chi connectivity index (χ1) is 18.3. The van der Waals surface area contributed by atoms with Crippen molar-refractivity contribution >= 4 is 27.8 Å². The summed E-state index contributed by atoms with van der Waals surface area (Å²) in [6, 6.07) is 6.04. The van der Waals surface area contributed by atoms with Crippen molar-refractivity contribution < 1.29 is 42.0 Å². The van der Waals surface area contributed by atoms with Crippen molar-refractivity contribution in [3.63, 3.8) is 0 Å². The zero-order valence-electron chi connectivity index (χ0n) is 21.2. The summed E-state index contributed by atoms with van der Waals surface area (Å²) < 4.78 is 55.2. The fourth-order valence-corrected chi connectivity index (χ4v) is 4.61. The molecule has 2 N–H and O–H groups in total. The number of aliphatic carboxylic acids is 1. The van der Waals surface area contributed by atoms with Gasteiger partial charge in [0.15, 0.2) is 11.5 Å². The van der Waals surface area contributed by atoms with Crippen LogP contribution in [0.15, 0.2) is 24.4 Å². The van der Waals surface area contributed by atoms with E-state index >= 15 is 0 Å². The lowest BCUT2D eigenvalue weighted by Crippen LogP contribution is -2.26. The van der Waals surface area contributed by atoms with E-state index < -0.39 is 12.1 Å². The lowest BCUT2D eigenvalue weighted by atomic mass is 10.1. The van der Waals surface area contributed by atoms with Gasteiger partial charge in [0.2, 0.25) is 5.88 Å². The lowest BCUT2D eigenvalue weighted by molar-refractivity contribution is -0.192. The molecule has 3 aromatic rings. The second-order valence-corrected chi connectivity index (χ2v) is 9.20. The summed E-state index contributed by atoms with van der Waals surface area (Å²) in [7, 11) is 1.69. The third-order valence-corrected chi connectivity index (χ3v) is 6.52. The van der Waals surface area contributed by atoms with Crippen LogP contribution in [0.25, 0.3) is 21.8 Å². The summed E-state index contributed by atoms with van der Waals surface area (Å²) >= 11 is 0. The van der Waals surface area contributed by atoms with Crippen molar-refractivity contribution in [2.45, 2.75) is 44.4 Å². The Morgan fingerprint density at radius 3 is 2.55 bits per heavy atom. The molecule has 2 aromatic heterocycles. The van der Waals surface area contributed by atoms with Gasteiger partial charge in [0.05, 0.1) is 43.4 Å². The average molecular weight is 540 g/mol. The highest BCUT2D eigenvalue weighted by molar-refractivity contribution is 6.10. The first-order valence-corrected chi connectivity index (χ1v) is 12.6. The second kappa shape index (κ2) is 12.5. The molecule has 0 amide bonds. The average Bonchev–Trinajstić information content (AvgIpc) is 3.54. The van der Waals surface area contributed by atoms with Crippen LogP contribution in [-0.4, -0.2) is 84.8 Å². The summed E-state index contributed by atoms with van der Waals surface area (Å²) in [6.45, 7) is 5.68. The lowest BCUT2D eigenvalue weighted by Gasteiger charge is -2.23. The van der Waals surface area contributed by atoms with Crippen LogP contribution in [0.1, 0.15) is 32.1 Å². The third-order valence-electron chi connectivity index (χ3n) is 6.52. The molecular weight excluding hydrogens is 507 g/mol. The molecule has 1 aromatic carbocycles. The molecule has 0 aliphatic carbocycles. The highest BCUT2D eigenvalue weighted by Crippen LogP contribution is 2.39. The molecule has 0 bridgehead atoms. The van der Waals surface area contributed by atoms with Gasteiger partial charge in [-0.1, -0.05) is 0 Å². The van der Waals surface area contributed by atoms with Gasteiger partial charge >= 0.3 is 12.1 Å². The number of benzene rings is 1. The van der Waals surface area contributed by atoms with Gasteiger partial charge < -0.3 is 33.9 Å². The van der Waals surface area contributed by atoms with Gasteiger partial charge in [-0.25, -0.2) is 9.78 Å². The van der Waals surface area contributed by atoms with Gasteiger partial charge in [-0.3, -0.25) is 0 Å². The van der Waals surface area contributed by atoms with E-state index in [9.17, 15) is 13.2 Å². The number of likely N-dealkylation sites (tertiary alicyclic amines) is 1. The number of carboxylic acid groups (broad SMARTS) is 1. The SMILES string of the molecule is COc1cc2c(cc1OCCCN1CCCC1)[nH]c1ccnc(OC3CCOCC3)c12.O=C(O)C(F)(F)F. The van der Waals surface area contributed by atoms with E-state index in [1.807, 2.05) is 18.2 Å². The monoisotopic (exact) mass is 539 g/mol. The van der Waals surface area contributed by atoms with E-state index in [1.165, 1.54) is 25.9 Å². The standard InChI is InChI=1S/C24H31N3O4.C2HF3O2/c1-28-21-15-18-20(16-22(21)30-12-4-11-27-9-2-3-10-27)26-19-5-8-25-24(23(18)19)31-17-6-13-29-14-7-17;3-2(4,5)1(6)7/h5,8,15-17,26H,2-4,6-7,9-14H2,1H3;(H,6,7). The number of nitrogens with zero attached hydrogens (tertiary/aromatic N) is 2. The maximum atomic E-state index is 10.6. The molecule has 4 heterocycles. The van der Waals surface area contributed by atoms with Crippen molar-refractivity contribution in [3.8, 4) is 17.4 Å². The maximum Gasteiger partial charge on any atom is 0.490 e. The molecule has 9 nitrogen and oxygen atoms in total. The Balaban J connectivity index is 0.000000426. The van der Waals surface area contributed by atoms with Crippen LogP contribution >= 0.6 is 0 Å². The highest BCUT2D eigenvalue weighted by atomic mass is 19.4. The Morgan fingerprint density at radius 1 is 1.18 bits per heavy atom. The van der Waals surface area contributed by atoms with E-state index in [-0.39, 0.29) is 6.10 Å². The van der Waals surface area contributed by atoms with Crippen molar-refractivity contribution in [2.24, 2.45) is 0 Å². The summed E-state index contributed by atoms with van der Waals surface area (Å²) in [4.78, 5) is 19.4. The van der Waals surface area contributed by atoms with Gasteiger partial charge in [0.25, 0.3) is 0 Å². The molecule has 38 heavy (non-hydrogen) atoms. The van der Waals surface area contributed by atoms with Crippen LogP contribution in [-0.2, 0) is 9.53 Å². The molecular formula is C26H32F3N3O6. The van der Waals surface area contributed by atoms with Crippen molar-refractivity contribution in [1.82, 2.24) is 14.9 Å². The van der Waals surface area contributed by atoms with Gasteiger partial charge in [0.1, 0.15) is 6.10 Å². The minimum absolute atomic E-state index is 0.136. The predicted molar refractivity (Wildman–Crippen MR) is 134 cm³/mol. The molecule has 0 spiro atoms. The van der Waals surface area contributed by atoms with E-state index in [1.54, 1.807) is 13.3 Å². The van der Waals surface area contributed by atoms with Gasteiger partial charge in [-0.15, -0.1) is 0 Å². The molecule has 2 fully saturated rings. The Labute approximate surface area is 217 Å². The zero-order valence-corrected chi connectivity index (χ0v) is 21.2. The quantitative estimate of drug-likeness (QED) is 0.394. The number of rotatable bonds is 8. The number of aromatic nitrogens is 2. The minimum atomic E-state index is -5.08. The number of halogens is 3. The van der Waals surface area contributed by atoms with Crippen LogP contribution in [0.4, 0.5) is 13.2 Å². The van der Waals surface area contributed by atoms with E-state index in [4.69, 9.17) is 28.8 Å². The highest BCUT2D eigenvalue weighted by Gasteiger charge is 2.38. The first-order valence-electron chi connectivity index (χ1n) is 12.6. The first kappa shape index (κ1) is 27.8. The van der Waals surface area contributed by atoms with E-state index in [0.29, 0.717) is 12.5 Å². The summed E-state index contributed by atoms with van der Waals surface area (Å²) in [5.41, 5.74) is 2.00. The molecule has 0 unspecified atom stereocenters. The molecule has 2 aliphatic rings. The smallest absolute Gasteiger partial charge is 0.490 e. The Hall–Kier alpha value is -3.25. The molecule has 12 heteroatoms. The fraction of sp³-hybridized carbons (Fsp3) is 0.538. The summed E-state index contributed by atoms with van der Waals surface area (Å²) in [5.74, 6) is -0.595. The summed E-state index contributed by atoms with van der Waals surface area (Å²) in [6.07, 6.45) is 2.28. The van der Waals surface area contributed by atoms with Gasteiger partial charge in [0, 0.05) is 37.0 Å². The van der Waals surface area contributed by atoms with Crippen molar-refractivity contribution in [1.29, 1.82) is 0 Å². The van der Waals surface area contributed by atoms with Crippen LogP contribution in [0.2, 0.25) is 0 Å². The van der Waals surface area contributed by atoms with Crippen molar-refractivity contribution in [3.05, 3.63) is 24.4 Å². The number of nitrogens with one attached hydrogen (secondary N) is 1. The number of carboxylic acids is 1.